The highest BCUT2D eigenvalue weighted by Gasteiger charge is 2.37. The van der Waals surface area contributed by atoms with Crippen LogP contribution in [0.15, 0.2) is 46.8 Å². The van der Waals surface area contributed by atoms with E-state index in [9.17, 15) is 0 Å². The van der Waals surface area contributed by atoms with Gasteiger partial charge in [0.25, 0.3) is 0 Å². The van der Waals surface area contributed by atoms with Crippen molar-refractivity contribution in [2.45, 2.75) is 6.17 Å². The van der Waals surface area contributed by atoms with Crippen LogP contribution in [-0.2, 0) is 0 Å². The van der Waals surface area contributed by atoms with Crippen LogP contribution in [0.5, 0.6) is 0 Å². The number of hydrogen-bond acceptors (Lipinski definition) is 8. The second-order valence-corrected chi connectivity index (χ2v) is 8.77. The van der Waals surface area contributed by atoms with E-state index in [-0.39, 0.29) is 6.17 Å². The van der Waals surface area contributed by atoms with Crippen LogP contribution in [-0.4, -0.2) is 77.0 Å². The zero-order valence-electron chi connectivity index (χ0n) is 16.4. The van der Waals surface area contributed by atoms with Gasteiger partial charge in [-0.25, -0.2) is 20.0 Å². The largest absolute Gasteiger partial charge is 0.331 e. The number of piperazine rings is 1. The van der Waals surface area contributed by atoms with Crippen molar-refractivity contribution >= 4 is 34.3 Å². The van der Waals surface area contributed by atoms with E-state index >= 15 is 0 Å². The summed E-state index contributed by atoms with van der Waals surface area (Å²) in [5, 5.41) is 10.6. The van der Waals surface area contributed by atoms with E-state index in [0.717, 1.165) is 55.8 Å². The molecule has 8 nitrogen and oxygen atoms in total. The van der Waals surface area contributed by atoms with Crippen LogP contribution in [0, 0.1) is 0 Å². The Morgan fingerprint density at radius 1 is 1.03 bits per heavy atom. The lowest BCUT2D eigenvalue weighted by molar-refractivity contribution is -0.0528. The lowest BCUT2D eigenvalue weighted by Gasteiger charge is -2.46. The lowest BCUT2D eigenvalue weighted by Crippen LogP contribution is -2.62. The molecule has 3 aliphatic rings. The fourth-order valence-electron chi connectivity index (χ4n) is 4.36. The first-order chi connectivity index (χ1) is 14.3. The number of nitrogens with zero attached hydrogens (tertiary/aromatic N) is 7. The molecule has 1 N–H and O–H groups in total. The predicted molar refractivity (Wildman–Crippen MR) is 116 cm³/mol. The first-order valence-electron chi connectivity index (χ1n) is 10.1. The third-order valence-corrected chi connectivity index (χ3v) is 6.90. The SMILES string of the molecule is CN1CCN(N2CN=C3N[C@@H](c4cccs4)n4c(nc5ccccc54)N3C2)CC1. The summed E-state index contributed by atoms with van der Waals surface area (Å²) < 4.78 is 2.31. The fourth-order valence-corrected chi connectivity index (χ4v) is 5.12. The van der Waals surface area contributed by atoms with Gasteiger partial charge >= 0.3 is 0 Å². The second kappa shape index (κ2) is 6.81. The minimum absolute atomic E-state index is 0.0163. The highest BCUT2D eigenvalue weighted by molar-refractivity contribution is 7.10. The Kier molecular flexibility index (Phi) is 4.08. The Morgan fingerprint density at radius 2 is 1.90 bits per heavy atom. The van der Waals surface area contributed by atoms with Crippen LogP contribution in [0.1, 0.15) is 11.0 Å². The first kappa shape index (κ1) is 17.4. The van der Waals surface area contributed by atoms with Gasteiger partial charge in [0.1, 0.15) is 12.8 Å². The van der Waals surface area contributed by atoms with Gasteiger partial charge in [-0.3, -0.25) is 9.47 Å². The van der Waals surface area contributed by atoms with Crippen molar-refractivity contribution < 1.29 is 0 Å². The van der Waals surface area contributed by atoms with Gasteiger partial charge in [-0.2, -0.15) is 0 Å². The maximum absolute atomic E-state index is 5.01. The maximum Gasteiger partial charge on any atom is 0.216 e. The van der Waals surface area contributed by atoms with E-state index in [0.29, 0.717) is 6.67 Å². The summed E-state index contributed by atoms with van der Waals surface area (Å²) in [4.78, 5) is 15.8. The molecular formula is C20H24N8S. The normalized spacial score (nSPS) is 23.6. The molecule has 1 saturated heterocycles. The smallest absolute Gasteiger partial charge is 0.216 e. The molecule has 2 aromatic heterocycles. The number of thiophene rings is 1. The molecule has 0 aliphatic carbocycles. The second-order valence-electron chi connectivity index (χ2n) is 7.79. The fraction of sp³-hybridized carbons (Fsp3) is 0.400. The molecule has 0 bridgehead atoms. The van der Waals surface area contributed by atoms with Gasteiger partial charge in [0.2, 0.25) is 11.9 Å². The van der Waals surface area contributed by atoms with E-state index in [1.54, 1.807) is 11.3 Å². The molecule has 0 spiro atoms. The van der Waals surface area contributed by atoms with E-state index in [1.165, 1.54) is 4.88 Å². The van der Waals surface area contributed by atoms with E-state index < -0.39 is 0 Å². The number of rotatable bonds is 2. The number of imidazole rings is 1. The molecule has 1 atom stereocenters. The number of anilines is 1. The van der Waals surface area contributed by atoms with Crippen LogP contribution in [0.3, 0.4) is 0 Å². The van der Waals surface area contributed by atoms with Crippen molar-refractivity contribution in [1.82, 2.24) is 29.8 Å². The van der Waals surface area contributed by atoms with Gasteiger partial charge in [0, 0.05) is 31.1 Å². The van der Waals surface area contributed by atoms with E-state index in [1.807, 2.05) is 0 Å². The molecule has 0 unspecified atom stereocenters. The summed E-state index contributed by atoms with van der Waals surface area (Å²) in [6.07, 6.45) is 0.0163. The van der Waals surface area contributed by atoms with E-state index in [2.05, 4.69) is 78.5 Å². The quantitative estimate of drug-likeness (QED) is 0.698. The van der Waals surface area contributed by atoms with Gasteiger partial charge in [-0.15, -0.1) is 11.3 Å². The van der Waals surface area contributed by atoms with Gasteiger partial charge in [-0.05, 0) is 30.6 Å². The van der Waals surface area contributed by atoms with Crippen molar-refractivity contribution in [3.8, 4) is 0 Å². The number of aromatic nitrogens is 2. The van der Waals surface area contributed by atoms with Gasteiger partial charge in [-0.1, -0.05) is 18.2 Å². The topological polar surface area (TPSA) is 55.2 Å². The highest BCUT2D eigenvalue weighted by Crippen LogP contribution is 2.35. The Balaban J connectivity index is 1.40. The van der Waals surface area contributed by atoms with Crippen LogP contribution in [0.2, 0.25) is 0 Å². The number of hydrogen-bond donors (Lipinski definition) is 1. The average Bonchev–Trinajstić information content (AvgIpc) is 3.42. The lowest BCUT2D eigenvalue weighted by atomic mass is 10.3. The minimum Gasteiger partial charge on any atom is -0.331 e. The van der Waals surface area contributed by atoms with Crippen LogP contribution in [0.25, 0.3) is 11.0 Å². The molecule has 3 aromatic rings. The third-order valence-electron chi connectivity index (χ3n) is 5.98. The zero-order chi connectivity index (χ0) is 19.4. The number of benzene rings is 1. The molecule has 29 heavy (non-hydrogen) atoms. The third kappa shape index (κ3) is 2.84. The molecule has 1 fully saturated rings. The van der Waals surface area contributed by atoms with Crippen LogP contribution < -0.4 is 10.2 Å². The zero-order valence-corrected chi connectivity index (χ0v) is 17.2. The monoisotopic (exact) mass is 408 g/mol. The van der Waals surface area contributed by atoms with Crippen LogP contribution >= 0.6 is 11.3 Å². The summed E-state index contributed by atoms with van der Waals surface area (Å²) in [5.41, 5.74) is 2.16. The Morgan fingerprint density at radius 3 is 2.72 bits per heavy atom. The summed E-state index contributed by atoms with van der Waals surface area (Å²) in [7, 11) is 2.19. The van der Waals surface area contributed by atoms with Gasteiger partial charge < -0.3 is 10.2 Å². The number of guanidine groups is 1. The summed E-state index contributed by atoms with van der Waals surface area (Å²) in [6, 6.07) is 12.7. The Hall–Kier alpha value is -2.46. The Bertz CT molecular complexity index is 1050. The number of aliphatic imine (C=N–C) groups is 1. The molecule has 3 aliphatic heterocycles. The Labute approximate surface area is 173 Å². The molecule has 0 amide bonds. The molecule has 5 heterocycles. The number of para-hydroxylation sites is 2. The molecule has 0 saturated carbocycles. The highest BCUT2D eigenvalue weighted by atomic mass is 32.1. The minimum atomic E-state index is 0.0163. The molecule has 1 aromatic carbocycles. The van der Waals surface area contributed by atoms with Gasteiger partial charge in [0.15, 0.2) is 0 Å². The number of fused-ring (bicyclic) bond motifs is 5. The van der Waals surface area contributed by atoms with Crippen molar-refractivity contribution in [3.63, 3.8) is 0 Å². The van der Waals surface area contributed by atoms with Crippen LogP contribution in [0.4, 0.5) is 5.95 Å². The molecule has 6 rings (SSSR count). The van der Waals surface area contributed by atoms with Crippen molar-refractivity contribution in [2.24, 2.45) is 4.99 Å². The molecule has 150 valence electrons. The summed E-state index contributed by atoms with van der Waals surface area (Å²) in [6.45, 7) is 5.69. The number of hydrazine groups is 1. The molecule has 9 heteroatoms. The van der Waals surface area contributed by atoms with Crippen molar-refractivity contribution in [2.75, 3.05) is 51.5 Å². The van der Waals surface area contributed by atoms with Crippen molar-refractivity contribution in [3.05, 3.63) is 46.7 Å². The molecule has 0 radical (unpaired) electrons. The predicted octanol–water partition coefficient (Wildman–Crippen LogP) is 1.80. The first-order valence-corrected chi connectivity index (χ1v) is 10.9. The van der Waals surface area contributed by atoms with Crippen molar-refractivity contribution in [1.29, 1.82) is 0 Å². The number of nitrogens with one attached hydrogen (secondary N) is 1. The maximum atomic E-state index is 5.01. The average molecular weight is 409 g/mol. The number of likely N-dealkylation sites (N-methyl/N-ethyl adjacent to an activating group) is 1. The summed E-state index contributed by atoms with van der Waals surface area (Å²) >= 11 is 1.76. The standard InChI is InChI=1S/C20H24N8S/c1-24-8-10-25(11-9-24)26-13-21-19-23-18(17-7-4-12-29-17)28-16-6-3-2-5-15(16)22-20(28)27(19)14-26/h2-7,12,18H,8-11,13-14H2,1H3,(H,21,23)/t18-/m1/s1. The van der Waals surface area contributed by atoms with Gasteiger partial charge in [0.05, 0.1) is 17.7 Å². The van der Waals surface area contributed by atoms with E-state index in [4.69, 9.17) is 9.98 Å². The summed E-state index contributed by atoms with van der Waals surface area (Å²) in [5.74, 6) is 1.87. The molecular weight excluding hydrogens is 384 g/mol.